The number of rotatable bonds is 3. The number of hydrogen-bond donors (Lipinski definition) is 0. The molecule has 0 spiro atoms. The SMILES string of the molecule is CCN(CC)C1c2ccccc2CCc2ccccc21. The van der Waals surface area contributed by atoms with Crippen LogP contribution in [0.3, 0.4) is 0 Å². The molecule has 0 N–H and O–H groups in total. The summed E-state index contributed by atoms with van der Waals surface area (Å²) in [6, 6.07) is 18.4. The average Bonchev–Trinajstić information content (AvgIpc) is 2.67. The van der Waals surface area contributed by atoms with Crippen molar-refractivity contribution in [3.63, 3.8) is 0 Å². The summed E-state index contributed by atoms with van der Waals surface area (Å²) in [7, 11) is 0. The molecule has 0 bridgehead atoms. The molecule has 0 radical (unpaired) electrons. The Bertz CT molecular complexity index is 536. The van der Waals surface area contributed by atoms with Gasteiger partial charge in [0.15, 0.2) is 0 Å². The second-order valence-corrected chi connectivity index (χ2v) is 5.52. The summed E-state index contributed by atoms with van der Waals surface area (Å²) in [4.78, 5) is 2.57. The van der Waals surface area contributed by atoms with Crippen LogP contribution in [0.2, 0.25) is 0 Å². The Kier molecular flexibility index (Phi) is 3.88. The van der Waals surface area contributed by atoms with E-state index in [9.17, 15) is 0 Å². The van der Waals surface area contributed by atoms with Gasteiger partial charge in [0.2, 0.25) is 0 Å². The third kappa shape index (κ3) is 2.27. The van der Waals surface area contributed by atoms with E-state index in [4.69, 9.17) is 0 Å². The second kappa shape index (κ2) is 5.80. The third-order valence-electron chi connectivity index (χ3n) is 4.54. The van der Waals surface area contributed by atoms with Crippen LogP contribution in [0.1, 0.15) is 42.1 Å². The van der Waals surface area contributed by atoms with Crippen LogP contribution < -0.4 is 0 Å². The highest BCUT2D eigenvalue weighted by Gasteiger charge is 2.26. The van der Waals surface area contributed by atoms with Gasteiger partial charge in [-0.25, -0.2) is 0 Å². The van der Waals surface area contributed by atoms with E-state index in [1.807, 2.05) is 0 Å². The summed E-state index contributed by atoms with van der Waals surface area (Å²) >= 11 is 0. The monoisotopic (exact) mass is 265 g/mol. The molecule has 2 aromatic carbocycles. The van der Waals surface area contributed by atoms with E-state index in [-0.39, 0.29) is 0 Å². The summed E-state index contributed by atoms with van der Waals surface area (Å²) in [6.45, 7) is 6.70. The molecule has 0 aromatic heterocycles. The molecule has 0 fully saturated rings. The van der Waals surface area contributed by atoms with Gasteiger partial charge < -0.3 is 0 Å². The molecule has 0 amide bonds. The Morgan fingerprint density at radius 2 is 1.25 bits per heavy atom. The highest BCUT2D eigenvalue weighted by molar-refractivity contribution is 5.44. The zero-order valence-electron chi connectivity index (χ0n) is 12.5. The first-order chi connectivity index (χ1) is 9.85. The van der Waals surface area contributed by atoms with Crippen LogP contribution in [0, 0.1) is 0 Å². The molecule has 1 heteroatoms. The van der Waals surface area contributed by atoms with Crippen LogP contribution in [-0.2, 0) is 12.8 Å². The Balaban J connectivity index is 2.18. The molecule has 0 saturated heterocycles. The van der Waals surface area contributed by atoms with Gasteiger partial charge in [-0.2, -0.15) is 0 Å². The quantitative estimate of drug-likeness (QED) is 0.803. The smallest absolute Gasteiger partial charge is 0.0607 e. The predicted octanol–water partition coefficient (Wildman–Crippen LogP) is 4.22. The van der Waals surface area contributed by atoms with Crippen molar-refractivity contribution in [1.29, 1.82) is 0 Å². The maximum Gasteiger partial charge on any atom is 0.0607 e. The van der Waals surface area contributed by atoms with Crippen LogP contribution in [0.15, 0.2) is 48.5 Å². The Labute approximate surface area is 122 Å². The van der Waals surface area contributed by atoms with Crippen molar-refractivity contribution >= 4 is 0 Å². The van der Waals surface area contributed by atoms with Crippen molar-refractivity contribution in [3.8, 4) is 0 Å². The maximum atomic E-state index is 2.57. The molecule has 0 saturated carbocycles. The van der Waals surface area contributed by atoms with Gasteiger partial charge in [0.05, 0.1) is 6.04 Å². The largest absolute Gasteiger partial charge is 0.293 e. The highest BCUT2D eigenvalue weighted by Crippen LogP contribution is 2.36. The minimum absolute atomic E-state index is 0.417. The van der Waals surface area contributed by atoms with Crippen LogP contribution in [0.5, 0.6) is 0 Å². The lowest BCUT2D eigenvalue weighted by molar-refractivity contribution is 0.250. The molecular formula is C19H23N. The molecule has 0 atom stereocenters. The molecule has 104 valence electrons. The fourth-order valence-electron chi connectivity index (χ4n) is 3.48. The van der Waals surface area contributed by atoms with Gasteiger partial charge in [-0.3, -0.25) is 4.90 Å². The van der Waals surface area contributed by atoms with Gasteiger partial charge >= 0.3 is 0 Å². The zero-order chi connectivity index (χ0) is 13.9. The fraction of sp³-hybridized carbons (Fsp3) is 0.368. The summed E-state index contributed by atoms with van der Waals surface area (Å²) in [5, 5.41) is 0. The van der Waals surface area contributed by atoms with Crippen LogP contribution >= 0.6 is 0 Å². The van der Waals surface area contributed by atoms with Gasteiger partial charge in [0.1, 0.15) is 0 Å². The summed E-state index contributed by atoms with van der Waals surface area (Å²) in [5.74, 6) is 0. The molecule has 0 unspecified atom stereocenters. The molecule has 3 rings (SSSR count). The van der Waals surface area contributed by atoms with Crippen molar-refractivity contribution in [3.05, 3.63) is 70.8 Å². The van der Waals surface area contributed by atoms with Gasteiger partial charge in [0, 0.05) is 0 Å². The minimum atomic E-state index is 0.417. The topological polar surface area (TPSA) is 3.24 Å². The first-order valence-electron chi connectivity index (χ1n) is 7.74. The summed E-state index contributed by atoms with van der Waals surface area (Å²) in [5.41, 5.74) is 6.03. The molecule has 1 nitrogen and oxygen atoms in total. The third-order valence-corrected chi connectivity index (χ3v) is 4.54. The molecule has 0 heterocycles. The Hall–Kier alpha value is -1.60. The first kappa shape index (κ1) is 13.4. The zero-order valence-corrected chi connectivity index (χ0v) is 12.5. The standard InChI is InChI=1S/C19H23N/c1-3-20(4-2)19-17-11-7-5-9-15(17)13-14-16-10-6-8-12-18(16)19/h5-12,19H,3-4,13-14H2,1-2H3. The van der Waals surface area contributed by atoms with E-state index >= 15 is 0 Å². The lowest BCUT2D eigenvalue weighted by Crippen LogP contribution is -2.30. The van der Waals surface area contributed by atoms with Crippen molar-refractivity contribution in [2.75, 3.05) is 13.1 Å². The molecule has 1 aliphatic rings. The lowest BCUT2D eigenvalue weighted by Gasteiger charge is -2.31. The van der Waals surface area contributed by atoms with E-state index in [0.717, 1.165) is 25.9 Å². The molecular weight excluding hydrogens is 242 g/mol. The number of fused-ring (bicyclic) bond motifs is 2. The van der Waals surface area contributed by atoms with Gasteiger partial charge in [0.25, 0.3) is 0 Å². The minimum Gasteiger partial charge on any atom is -0.293 e. The predicted molar refractivity (Wildman–Crippen MR) is 85.1 cm³/mol. The van der Waals surface area contributed by atoms with Crippen molar-refractivity contribution in [1.82, 2.24) is 4.90 Å². The number of aryl methyl sites for hydroxylation is 2. The summed E-state index contributed by atoms with van der Waals surface area (Å²) < 4.78 is 0. The number of nitrogens with zero attached hydrogens (tertiary/aromatic N) is 1. The second-order valence-electron chi connectivity index (χ2n) is 5.52. The first-order valence-corrected chi connectivity index (χ1v) is 7.74. The summed E-state index contributed by atoms with van der Waals surface area (Å²) in [6.07, 6.45) is 2.32. The van der Waals surface area contributed by atoms with E-state index in [0.29, 0.717) is 6.04 Å². The maximum absolute atomic E-state index is 2.57. The van der Waals surface area contributed by atoms with E-state index in [2.05, 4.69) is 67.3 Å². The average molecular weight is 265 g/mol. The van der Waals surface area contributed by atoms with Gasteiger partial charge in [-0.05, 0) is 48.2 Å². The van der Waals surface area contributed by atoms with Crippen LogP contribution in [0.4, 0.5) is 0 Å². The fourth-order valence-corrected chi connectivity index (χ4v) is 3.48. The van der Waals surface area contributed by atoms with Gasteiger partial charge in [-0.1, -0.05) is 62.4 Å². The van der Waals surface area contributed by atoms with Crippen LogP contribution in [-0.4, -0.2) is 18.0 Å². The van der Waals surface area contributed by atoms with E-state index in [1.165, 1.54) is 22.3 Å². The normalized spacial score (nSPS) is 14.8. The molecule has 0 aliphatic heterocycles. The Morgan fingerprint density at radius 1 is 0.800 bits per heavy atom. The molecule has 1 aliphatic carbocycles. The van der Waals surface area contributed by atoms with Crippen molar-refractivity contribution < 1.29 is 0 Å². The van der Waals surface area contributed by atoms with E-state index < -0.39 is 0 Å². The highest BCUT2D eigenvalue weighted by atomic mass is 15.1. The van der Waals surface area contributed by atoms with Crippen molar-refractivity contribution in [2.24, 2.45) is 0 Å². The Morgan fingerprint density at radius 3 is 1.70 bits per heavy atom. The number of hydrogen-bond acceptors (Lipinski definition) is 1. The molecule has 20 heavy (non-hydrogen) atoms. The van der Waals surface area contributed by atoms with Crippen molar-refractivity contribution in [2.45, 2.75) is 32.7 Å². The van der Waals surface area contributed by atoms with Gasteiger partial charge in [-0.15, -0.1) is 0 Å². The van der Waals surface area contributed by atoms with E-state index in [1.54, 1.807) is 0 Å². The number of benzene rings is 2. The lowest BCUT2D eigenvalue weighted by atomic mass is 9.93. The van der Waals surface area contributed by atoms with Crippen LogP contribution in [0.25, 0.3) is 0 Å². The molecule has 2 aromatic rings.